The minimum atomic E-state index is 0.218. The maximum absolute atomic E-state index is 11.5. The summed E-state index contributed by atoms with van der Waals surface area (Å²) in [7, 11) is 0. The molecule has 4 nitrogen and oxygen atoms in total. The highest BCUT2D eigenvalue weighted by atomic mass is 16.5. The van der Waals surface area contributed by atoms with Gasteiger partial charge in [0.2, 0.25) is 5.91 Å². The lowest BCUT2D eigenvalue weighted by Crippen LogP contribution is -2.45. The number of nitrogens with zero attached hydrogens (tertiary/aromatic N) is 1. The monoisotopic (exact) mass is 184 g/mol. The van der Waals surface area contributed by atoms with E-state index in [1.54, 1.807) is 0 Å². The SMILES string of the molecule is O=C(CNC1CC1)N1CCOCC1. The van der Waals surface area contributed by atoms with Crippen LogP contribution in [-0.2, 0) is 9.53 Å². The van der Waals surface area contributed by atoms with Crippen molar-refractivity contribution in [2.75, 3.05) is 32.8 Å². The lowest BCUT2D eigenvalue weighted by atomic mass is 10.4. The lowest BCUT2D eigenvalue weighted by molar-refractivity contribution is -0.134. The molecule has 2 rings (SSSR count). The first-order valence-corrected chi connectivity index (χ1v) is 4.95. The fourth-order valence-electron chi connectivity index (χ4n) is 1.44. The van der Waals surface area contributed by atoms with Crippen LogP contribution in [0.2, 0.25) is 0 Å². The Morgan fingerprint density at radius 3 is 2.69 bits per heavy atom. The van der Waals surface area contributed by atoms with Crippen LogP contribution in [0.3, 0.4) is 0 Å². The zero-order valence-corrected chi connectivity index (χ0v) is 7.79. The summed E-state index contributed by atoms with van der Waals surface area (Å²) >= 11 is 0. The average Bonchev–Trinajstić information content (AvgIpc) is 2.99. The first-order valence-electron chi connectivity index (χ1n) is 4.95. The quantitative estimate of drug-likeness (QED) is 0.648. The topological polar surface area (TPSA) is 41.6 Å². The highest BCUT2D eigenvalue weighted by molar-refractivity contribution is 5.78. The van der Waals surface area contributed by atoms with Crippen LogP contribution in [0.5, 0.6) is 0 Å². The average molecular weight is 184 g/mol. The smallest absolute Gasteiger partial charge is 0.236 e. The van der Waals surface area contributed by atoms with E-state index in [1.165, 1.54) is 12.8 Å². The van der Waals surface area contributed by atoms with E-state index in [1.807, 2.05) is 4.90 Å². The molecule has 1 N–H and O–H groups in total. The van der Waals surface area contributed by atoms with E-state index in [9.17, 15) is 4.79 Å². The number of hydrogen-bond acceptors (Lipinski definition) is 3. The van der Waals surface area contributed by atoms with Gasteiger partial charge in [-0.2, -0.15) is 0 Å². The van der Waals surface area contributed by atoms with Crippen LogP contribution in [0, 0.1) is 0 Å². The van der Waals surface area contributed by atoms with Gasteiger partial charge in [0, 0.05) is 19.1 Å². The molecule has 1 saturated carbocycles. The number of carbonyl (C=O) groups is 1. The maximum atomic E-state index is 11.5. The molecule has 0 aromatic rings. The Morgan fingerprint density at radius 2 is 2.08 bits per heavy atom. The number of morpholine rings is 1. The van der Waals surface area contributed by atoms with Gasteiger partial charge < -0.3 is 15.0 Å². The van der Waals surface area contributed by atoms with E-state index in [2.05, 4.69) is 5.32 Å². The number of nitrogens with one attached hydrogen (secondary N) is 1. The Balaban J connectivity index is 1.67. The molecule has 2 aliphatic rings. The van der Waals surface area contributed by atoms with Crippen molar-refractivity contribution in [3.05, 3.63) is 0 Å². The van der Waals surface area contributed by atoms with Crippen molar-refractivity contribution in [3.8, 4) is 0 Å². The third-order valence-electron chi connectivity index (χ3n) is 2.48. The molecule has 1 aliphatic carbocycles. The molecule has 1 aliphatic heterocycles. The highest BCUT2D eigenvalue weighted by Gasteiger charge is 2.23. The Labute approximate surface area is 78.2 Å². The van der Waals surface area contributed by atoms with E-state index in [4.69, 9.17) is 4.74 Å². The Morgan fingerprint density at radius 1 is 1.38 bits per heavy atom. The Bertz CT molecular complexity index is 186. The molecule has 1 heterocycles. The largest absolute Gasteiger partial charge is 0.378 e. The molecule has 0 aromatic carbocycles. The summed E-state index contributed by atoms with van der Waals surface area (Å²) in [4.78, 5) is 13.4. The van der Waals surface area contributed by atoms with Crippen LogP contribution in [0.4, 0.5) is 0 Å². The van der Waals surface area contributed by atoms with Crippen molar-refractivity contribution in [1.29, 1.82) is 0 Å². The molecule has 74 valence electrons. The zero-order valence-electron chi connectivity index (χ0n) is 7.79. The van der Waals surface area contributed by atoms with E-state index < -0.39 is 0 Å². The predicted octanol–water partition coefficient (Wildman–Crippen LogP) is -0.403. The number of amides is 1. The summed E-state index contributed by atoms with van der Waals surface area (Å²) in [5.41, 5.74) is 0. The summed E-state index contributed by atoms with van der Waals surface area (Å²) in [5, 5.41) is 3.22. The number of carbonyl (C=O) groups excluding carboxylic acids is 1. The van der Waals surface area contributed by atoms with Gasteiger partial charge in [0.15, 0.2) is 0 Å². The van der Waals surface area contributed by atoms with E-state index in [0.29, 0.717) is 25.8 Å². The third kappa shape index (κ3) is 2.67. The molecule has 1 saturated heterocycles. The Kier molecular flexibility index (Phi) is 2.80. The number of hydrogen-bond donors (Lipinski definition) is 1. The first kappa shape index (κ1) is 8.97. The van der Waals surface area contributed by atoms with E-state index in [0.717, 1.165) is 13.1 Å². The summed E-state index contributed by atoms with van der Waals surface area (Å²) in [5.74, 6) is 0.218. The van der Waals surface area contributed by atoms with Gasteiger partial charge in [-0.05, 0) is 12.8 Å². The fourth-order valence-corrected chi connectivity index (χ4v) is 1.44. The van der Waals surface area contributed by atoms with E-state index in [-0.39, 0.29) is 5.91 Å². The molecular weight excluding hydrogens is 168 g/mol. The molecule has 0 unspecified atom stereocenters. The Hall–Kier alpha value is -0.610. The van der Waals surface area contributed by atoms with Crippen LogP contribution in [-0.4, -0.2) is 49.7 Å². The summed E-state index contributed by atoms with van der Waals surface area (Å²) in [6.07, 6.45) is 2.47. The molecule has 4 heteroatoms. The van der Waals surface area contributed by atoms with Crippen LogP contribution in [0.25, 0.3) is 0 Å². The summed E-state index contributed by atoms with van der Waals surface area (Å²) < 4.78 is 5.17. The normalized spacial score (nSPS) is 23.2. The van der Waals surface area contributed by atoms with Crippen LogP contribution in [0.15, 0.2) is 0 Å². The zero-order chi connectivity index (χ0) is 9.10. The second-order valence-corrected chi connectivity index (χ2v) is 3.65. The van der Waals surface area contributed by atoms with Crippen molar-refractivity contribution in [2.24, 2.45) is 0 Å². The molecule has 0 atom stereocenters. The van der Waals surface area contributed by atoms with Gasteiger partial charge in [0.05, 0.1) is 19.8 Å². The van der Waals surface area contributed by atoms with Crippen LogP contribution in [0.1, 0.15) is 12.8 Å². The standard InChI is InChI=1S/C9H16N2O2/c12-9(7-10-8-1-2-8)11-3-5-13-6-4-11/h8,10H,1-7H2. The van der Waals surface area contributed by atoms with Gasteiger partial charge in [-0.3, -0.25) is 4.79 Å². The van der Waals surface area contributed by atoms with Crippen molar-refractivity contribution in [3.63, 3.8) is 0 Å². The first-order chi connectivity index (χ1) is 6.36. The minimum absolute atomic E-state index is 0.218. The second-order valence-electron chi connectivity index (χ2n) is 3.65. The van der Waals surface area contributed by atoms with Gasteiger partial charge in [0.1, 0.15) is 0 Å². The van der Waals surface area contributed by atoms with Gasteiger partial charge in [-0.25, -0.2) is 0 Å². The number of rotatable bonds is 3. The van der Waals surface area contributed by atoms with Crippen molar-refractivity contribution in [2.45, 2.75) is 18.9 Å². The molecule has 1 amide bonds. The fraction of sp³-hybridized carbons (Fsp3) is 0.889. The van der Waals surface area contributed by atoms with E-state index >= 15 is 0 Å². The lowest BCUT2D eigenvalue weighted by Gasteiger charge is -2.26. The summed E-state index contributed by atoms with van der Waals surface area (Å²) in [6, 6.07) is 0.616. The minimum Gasteiger partial charge on any atom is -0.378 e. The number of ether oxygens (including phenoxy) is 1. The molecular formula is C9H16N2O2. The molecule has 0 radical (unpaired) electrons. The third-order valence-corrected chi connectivity index (χ3v) is 2.48. The van der Waals surface area contributed by atoms with Crippen molar-refractivity contribution in [1.82, 2.24) is 10.2 Å². The van der Waals surface area contributed by atoms with Crippen molar-refractivity contribution < 1.29 is 9.53 Å². The van der Waals surface area contributed by atoms with Gasteiger partial charge >= 0.3 is 0 Å². The van der Waals surface area contributed by atoms with Gasteiger partial charge in [0.25, 0.3) is 0 Å². The van der Waals surface area contributed by atoms with Crippen LogP contribution >= 0.6 is 0 Å². The molecule has 0 aromatic heterocycles. The molecule has 2 fully saturated rings. The van der Waals surface area contributed by atoms with Gasteiger partial charge in [-0.1, -0.05) is 0 Å². The molecule has 0 bridgehead atoms. The maximum Gasteiger partial charge on any atom is 0.236 e. The highest BCUT2D eigenvalue weighted by Crippen LogP contribution is 2.18. The molecule has 0 spiro atoms. The van der Waals surface area contributed by atoms with Crippen molar-refractivity contribution >= 4 is 5.91 Å². The van der Waals surface area contributed by atoms with Crippen LogP contribution < -0.4 is 5.32 Å². The molecule has 13 heavy (non-hydrogen) atoms. The van der Waals surface area contributed by atoms with Gasteiger partial charge in [-0.15, -0.1) is 0 Å². The predicted molar refractivity (Wildman–Crippen MR) is 48.4 cm³/mol. The second kappa shape index (κ2) is 4.07. The summed E-state index contributed by atoms with van der Waals surface area (Å²) in [6.45, 7) is 3.39.